The Balaban J connectivity index is 2.89. The average Bonchev–Trinajstić information content (AvgIpc) is 2.19. The van der Waals surface area contributed by atoms with Gasteiger partial charge in [0.25, 0.3) is 0 Å². The van der Waals surface area contributed by atoms with E-state index in [2.05, 4.69) is 34.0 Å². The van der Waals surface area contributed by atoms with Crippen LogP contribution >= 0.6 is 11.6 Å². The molecule has 0 saturated heterocycles. The fourth-order valence-electron chi connectivity index (χ4n) is 1.26. The van der Waals surface area contributed by atoms with Gasteiger partial charge in [0, 0.05) is 6.54 Å². The van der Waals surface area contributed by atoms with Crippen LogP contribution in [0.25, 0.3) is 0 Å². The molecule has 4 nitrogen and oxygen atoms in total. The second-order valence-corrected chi connectivity index (χ2v) is 3.34. The zero-order chi connectivity index (χ0) is 10.6. The van der Waals surface area contributed by atoms with E-state index in [4.69, 9.17) is 11.6 Å². The van der Waals surface area contributed by atoms with Crippen LogP contribution in [-0.4, -0.2) is 29.7 Å². The Morgan fingerprint density at radius 1 is 1.57 bits per heavy atom. The number of nitrogens with zero attached hydrogens (tertiary/aromatic N) is 3. The Bertz CT molecular complexity index is 292. The van der Waals surface area contributed by atoms with E-state index in [1.165, 1.54) is 6.20 Å². The smallest absolute Gasteiger partial charge is 0.150 e. The van der Waals surface area contributed by atoms with Crippen LogP contribution in [0.15, 0.2) is 12.4 Å². The summed E-state index contributed by atoms with van der Waals surface area (Å²) in [6, 6.07) is 0. The average molecular weight is 215 g/mol. The van der Waals surface area contributed by atoms with Crippen molar-refractivity contribution < 1.29 is 0 Å². The minimum atomic E-state index is 0.216. The van der Waals surface area contributed by atoms with Crippen LogP contribution in [0, 0.1) is 0 Å². The van der Waals surface area contributed by atoms with E-state index in [0.29, 0.717) is 5.15 Å². The summed E-state index contributed by atoms with van der Waals surface area (Å²) in [6.45, 7) is 4.99. The summed E-state index contributed by atoms with van der Waals surface area (Å²) >= 11 is 5.77. The molecule has 1 N–H and O–H groups in total. The quantitative estimate of drug-likeness (QED) is 0.772. The Morgan fingerprint density at radius 2 is 2.29 bits per heavy atom. The highest BCUT2D eigenvalue weighted by molar-refractivity contribution is 6.29. The molecule has 1 atom stereocenters. The maximum absolute atomic E-state index is 5.77. The van der Waals surface area contributed by atoms with Crippen LogP contribution in [0.5, 0.6) is 0 Å². The molecule has 0 radical (unpaired) electrons. The molecular formula is C9H15ClN4. The van der Waals surface area contributed by atoms with Crippen molar-refractivity contribution in [2.24, 2.45) is 0 Å². The van der Waals surface area contributed by atoms with Crippen molar-refractivity contribution in [2.45, 2.75) is 20.0 Å². The number of aromatic nitrogens is 2. The largest absolute Gasteiger partial charge is 0.340 e. The zero-order valence-corrected chi connectivity index (χ0v) is 9.41. The first-order chi connectivity index (χ1) is 6.69. The zero-order valence-electron chi connectivity index (χ0n) is 8.66. The number of halogens is 1. The van der Waals surface area contributed by atoms with Crippen molar-refractivity contribution in [2.75, 3.05) is 18.5 Å². The molecule has 5 heteroatoms. The van der Waals surface area contributed by atoms with Gasteiger partial charge in [-0.2, -0.15) is 0 Å². The lowest BCUT2D eigenvalue weighted by atomic mass is 10.4. The van der Waals surface area contributed by atoms with E-state index in [1.54, 1.807) is 6.20 Å². The Labute approximate surface area is 89.3 Å². The Morgan fingerprint density at radius 3 is 2.79 bits per heavy atom. The van der Waals surface area contributed by atoms with Crippen molar-refractivity contribution in [3.63, 3.8) is 0 Å². The van der Waals surface area contributed by atoms with Crippen LogP contribution in [0.1, 0.15) is 13.8 Å². The molecule has 0 aromatic carbocycles. The minimum absolute atomic E-state index is 0.216. The van der Waals surface area contributed by atoms with E-state index in [1.807, 2.05) is 7.05 Å². The van der Waals surface area contributed by atoms with E-state index in [0.717, 1.165) is 12.4 Å². The summed E-state index contributed by atoms with van der Waals surface area (Å²) in [6.07, 6.45) is 3.46. The van der Waals surface area contributed by atoms with Gasteiger partial charge in [0.2, 0.25) is 0 Å². The molecule has 0 saturated carbocycles. The molecule has 0 bridgehead atoms. The van der Waals surface area contributed by atoms with Gasteiger partial charge in [-0.3, -0.25) is 4.98 Å². The van der Waals surface area contributed by atoms with E-state index < -0.39 is 0 Å². The molecule has 78 valence electrons. The highest BCUT2D eigenvalue weighted by atomic mass is 35.5. The molecule has 1 unspecified atom stereocenters. The minimum Gasteiger partial charge on any atom is -0.340 e. The van der Waals surface area contributed by atoms with Gasteiger partial charge in [-0.25, -0.2) is 4.98 Å². The van der Waals surface area contributed by atoms with E-state index >= 15 is 0 Å². The lowest BCUT2D eigenvalue weighted by Gasteiger charge is -2.28. The highest BCUT2D eigenvalue weighted by Crippen LogP contribution is 2.13. The van der Waals surface area contributed by atoms with Crippen LogP contribution in [0.3, 0.4) is 0 Å². The fraction of sp³-hybridized carbons (Fsp3) is 0.556. The third kappa shape index (κ3) is 2.56. The van der Waals surface area contributed by atoms with E-state index in [9.17, 15) is 0 Å². The topological polar surface area (TPSA) is 41.1 Å². The van der Waals surface area contributed by atoms with E-state index in [-0.39, 0.29) is 6.17 Å². The van der Waals surface area contributed by atoms with Crippen molar-refractivity contribution >= 4 is 17.4 Å². The third-order valence-corrected chi connectivity index (χ3v) is 2.29. The van der Waals surface area contributed by atoms with Crippen LogP contribution in [0.2, 0.25) is 5.15 Å². The first-order valence-corrected chi connectivity index (χ1v) is 4.98. The molecule has 0 fully saturated rings. The van der Waals surface area contributed by atoms with Gasteiger partial charge < -0.3 is 10.2 Å². The molecule has 0 aliphatic carbocycles. The van der Waals surface area contributed by atoms with Crippen molar-refractivity contribution in [3.05, 3.63) is 17.5 Å². The summed E-state index contributed by atoms with van der Waals surface area (Å²) < 4.78 is 0. The standard InChI is InChI=1S/C9H15ClN4/c1-4-14(7(2)11-3)9-6-12-5-8(10)13-9/h5-7,11H,4H2,1-3H3. The lowest BCUT2D eigenvalue weighted by Crippen LogP contribution is -2.42. The number of hydrogen-bond donors (Lipinski definition) is 1. The molecule has 1 heterocycles. The molecule has 0 aliphatic rings. The summed E-state index contributed by atoms with van der Waals surface area (Å²) in [4.78, 5) is 10.3. The van der Waals surface area contributed by atoms with Crippen molar-refractivity contribution in [1.82, 2.24) is 15.3 Å². The molecule has 1 aromatic heterocycles. The molecular weight excluding hydrogens is 200 g/mol. The molecule has 1 aromatic rings. The van der Waals surface area contributed by atoms with Gasteiger partial charge in [0.05, 0.1) is 18.6 Å². The van der Waals surface area contributed by atoms with Gasteiger partial charge in [-0.15, -0.1) is 0 Å². The maximum atomic E-state index is 5.77. The van der Waals surface area contributed by atoms with Gasteiger partial charge >= 0.3 is 0 Å². The van der Waals surface area contributed by atoms with Crippen LogP contribution < -0.4 is 10.2 Å². The van der Waals surface area contributed by atoms with Gasteiger partial charge in [-0.1, -0.05) is 11.6 Å². The maximum Gasteiger partial charge on any atom is 0.150 e. The second kappa shape index (κ2) is 5.12. The number of anilines is 1. The van der Waals surface area contributed by atoms with Crippen LogP contribution in [0.4, 0.5) is 5.82 Å². The lowest BCUT2D eigenvalue weighted by molar-refractivity contribution is 0.567. The second-order valence-electron chi connectivity index (χ2n) is 2.95. The molecule has 0 aliphatic heterocycles. The van der Waals surface area contributed by atoms with Gasteiger partial charge in [-0.05, 0) is 20.9 Å². The van der Waals surface area contributed by atoms with Gasteiger partial charge in [0.1, 0.15) is 11.0 Å². The molecule has 0 amide bonds. The predicted molar refractivity (Wildman–Crippen MR) is 58.6 cm³/mol. The summed E-state index contributed by atoms with van der Waals surface area (Å²) in [5, 5.41) is 3.57. The summed E-state index contributed by atoms with van der Waals surface area (Å²) in [5.41, 5.74) is 0. The number of rotatable bonds is 4. The highest BCUT2D eigenvalue weighted by Gasteiger charge is 2.12. The predicted octanol–water partition coefficient (Wildman–Crippen LogP) is 1.52. The molecule has 0 spiro atoms. The van der Waals surface area contributed by atoms with Crippen molar-refractivity contribution in [3.8, 4) is 0 Å². The fourth-order valence-corrected chi connectivity index (χ4v) is 1.40. The summed E-state index contributed by atoms with van der Waals surface area (Å²) in [7, 11) is 1.91. The molecule has 1 rings (SSSR count). The normalized spacial score (nSPS) is 12.6. The van der Waals surface area contributed by atoms with Crippen molar-refractivity contribution in [1.29, 1.82) is 0 Å². The first-order valence-electron chi connectivity index (χ1n) is 4.60. The number of hydrogen-bond acceptors (Lipinski definition) is 4. The van der Waals surface area contributed by atoms with Crippen LogP contribution in [-0.2, 0) is 0 Å². The SMILES string of the molecule is CCN(c1cncc(Cl)n1)C(C)NC. The Kier molecular flexibility index (Phi) is 4.10. The number of nitrogens with one attached hydrogen (secondary N) is 1. The van der Waals surface area contributed by atoms with Gasteiger partial charge in [0.15, 0.2) is 0 Å². The summed E-state index contributed by atoms with van der Waals surface area (Å²) in [5.74, 6) is 0.793. The monoisotopic (exact) mass is 214 g/mol. The Hall–Kier alpha value is -0.870. The third-order valence-electron chi connectivity index (χ3n) is 2.11. The first kappa shape index (κ1) is 11.2. The molecule has 14 heavy (non-hydrogen) atoms.